The van der Waals surface area contributed by atoms with Crippen molar-refractivity contribution in [2.75, 3.05) is 31.1 Å². The van der Waals surface area contributed by atoms with Gasteiger partial charge in [0.1, 0.15) is 12.4 Å². The fraction of sp³-hybridized carbons (Fsp3) is 0.375. The Morgan fingerprint density at radius 1 is 1.15 bits per heavy atom. The summed E-state index contributed by atoms with van der Waals surface area (Å²) in [4.78, 5) is 5.51. The van der Waals surface area contributed by atoms with Crippen LogP contribution in [-0.4, -0.2) is 26.2 Å². The van der Waals surface area contributed by atoms with E-state index in [4.69, 9.17) is 0 Å². The molecule has 0 atom stereocenters. The summed E-state index contributed by atoms with van der Waals surface area (Å²) in [6.45, 7) is 7.72. The summed E-state index contributed by atoms with van der Waals surface area (Å²) in [6, 6.07) is 9.05. The molecule has 106 valence electrons. The monoisotopic (exact) mass is 291 g/mol. The molecule has 4 heteroatoms. The Balaban J connectivity index is 1.57. The van der Waals surface area contributed by atoms with E-state index in [1.807, 2.05) is 23.5 Å². The molecule has 20 heavy (non-hydrogen) atoms. The van der Waals surface area contributed by atoms with Crippen LogP contribution in [0.1, 0.15) is 10.4 Å². The van der Waals surface area contributed by atoms with Crippen molar-refractivity contribution in [3.8, 4) is 0 Å². The number of hydrogen-bond donors (Lipinski definition) is 1. The molecule has 1 saturated heterocycles. The number of aryl methyl sites for hydroxylation is 1. The summed E-state index contributed by atoms with van der Waals surface area (Å²) in [7, 11) is 0. The molecule has 0 saturated carbocycles. The molecule has 3 rings (SSSR count). The third-order valence-electron chi connectivity index (χ3n) is 4.04. The van der Waals surface area contributed by atoms with E-state index in [9.17, 15) is 4.39 Å². The minimum atomic E-state index is -0.161. The second-order valence-corrected chi connectivity index (χ2v) is 6.42. The minimum absolute atomic E-state index is 0.161. The van der Waals surface area contributed by atoms with Gasteiger partial charge in [-0.1, -0.05) is 0 Å². The standard InChI is InChI=1S/C16H19FN2S/c1-13-6-11-20-16(13)12-18-7-9-19(10-8-18)15-4-2-14(17)3-5-15/h2-6,11H,7-10,12H2,1H3/p+1. The second-order valence-electron chi connectivity index (χ2n) is 5.42. The molecule has 1 aliphatic heterocycles. The van der Waals surface area contributed by atoms with Gasteiger partial charge in [0.25, 0.3) is 0 Å². The van der Waals surface area contributed by atoms with E-state index in [1.165, 1.54) is 10.4 Å². The maximum Gasteiger partial charge on any atom is 0.123 e. The molecule has 0 radical (unpaired) electrons. The quantitative estimate of drug-likeness (QED) is 0.910. The van der Waals surface area contributed by atoms with Crippen molar-refractivity contribution in [1.29, 1.82) is 0 Å². The number of halogens is 1. The van der Waals surface area contributed by atoms with Gasteiger partial charge in [0, 0.05) is 5.69 Å². The molecule has 1 aromatic carbocycles. The summed E-state index contributed by atoms with van der Waals surface area (Å²) < 4.78 is 12.9. The van der Waals surface area contributed by atoms with E-state index in [0.29, 0.717) is 0 Å². The van der Waals surface area contributed by atoms with Gasteiger partial charge in [-0.3, -0.25) is 0 Å². The molecular weight excluding hydrogens is 271 g/mol. The summed E-state index contributed by atoms with van der Waals surface area (Å²) in [5.41, 5.74) is 2.56. The molecule has 0 aliphatic carbocycles. The van der Waals surface area contributed by atoms with Gasteiger partial charge in [0.05, 0.1) is 31.1 Å². The second kappa shape index (κ2) is 5.94. The van der Waals surface area contributed by atoms with E-state index < -0.39 is 0 Å². The van der Waals surface area contributed by atoms with Crippen LogP contribution in [0.15, 0.2) is 35.7 Å². The van der Waals surface area contributed by atoms with Gasteiger partial charge in [-0.2, -0.15) is 0 Å². The van der Waals surface area contributed by atoms with Gasteiger partial charge in [-0.25, -0.2) is 4.39 Å². The van der Waals surface area contributed by atoms with Crippen LogP contribution in [0.2, 0.25) is 0 Å². The number of nitrogens with zero attached hydrogens (tertiary/aromatic N) is 1. The molecule has 1 N–H and O–H groups in total. The largest absolute Gasteiger partial charge is 0.360 e. The highest BCUT2D eigenvalue weighted by atomic mass is 32.1. The average molecular weight is 291 g/mol. The third kappa shape index (κ3) is 3.02. The number of anilines is 1. The molecule has 2 aromatic rings. The first-order valence-electron chi connectivity index (χ1n) is 7.09. The van der Waals surface area contributed by atoms with Crippen LogP contribution in [0.5, 0.6) is 0 Å². The van der Waals surface area contributed by atoms with Crippen LogP contribution in [-0.2, 0) is 6.54 Å². The van der Waals surface area contributed by atoms with Crippen molar-refractivity contribution >= 4 is 17.0 Å². The lowest BCUT2D eigenvalue weighted by molar-refractivity contribution is -0.914. The maximum atomic E-state index is 12.9. The molecule has 1 aliphatic rings. The molecule has 0 unspecified atom stereocenters. The van der Waals surface area contributed by atoms with Crippen molar-refractivity contribution in [2.24, 2.45) is 0 Å². The summed E-state index contributed by atoms with van der Waals surface area (Å²) in [5.74, 6) is -0.161. The minimum Gasteiger partial charge on any atom is -0.360 e. The van der Waals surface area contributed by atoms with E-state index >= 15 is 0 Å². The highest BCUT2D eigenvalue weighted by Crippen LogP contribution is 2.16. The van der Waals surface area contributed by atoms with Crippen molar-refractivity contribution in [2.45, 2.75) is 13.5 Å². The predicted molar refractivity (Wildman–Crippen MR) is 82.1 cm³/mol. The molecule has 2 nitrogen and oxygen atoms in total. The highest BCUT2D eigenvalue weighted by molar-refractivity contribution is 7.10. The lowest BCUT2D eigenvalue weighted by Crippen LogP contribution is -3.13. The lowest BCUT2D eigenvalue weighted by Gasteiger charge is -2.33. The smallest absolute Gasteiger partial charge is 0.123 e. The van der Waals surface area contributed by atoms with Gasteiger partial charge >= 0.3 is 0 Å². The fourth-order valence-corrected chi connectivity index (χ4v) is 3.70. The number of hydrogen-bond acceptors (Lipinski definition) is 2. The van der Waals surface area contributed by atoms with Gasteiger partial charge in [0.2, 0.25) is 0 Å². The van der Waals surface area contributed by atoms with E-state index in [2.05, 4.69) is 23.3 Å². The van der Waals surface area contributed by atoms with Gasteiger partial charge in [0.15, 0.2) is 0 Å². The Labute approximate surface area is 123 Å². The topological polar surface area (TPSA) is 7.68 Å². The number of rotatable bonds is 3. The molecule has 0 bridgehead atoms. The molecule has 1 aromatic heterocycles. The van der Waals surface area contributed by atoms with Crippen molar-refractivity contribution in [1.82, 2.24) is 0 Å². The summed E-state index contributed by atoms with van der Waals surface area (Å²) in [5, 5.41) is 2.18. The van der Waals surface area contributed by atoms with Crippen molar-refractivity contribution in [3.05, 3.63) is 52.0 Å². The summed E-state index contributed by atoms with van der Waals surface area (Å²) >= 11 is 1.87. The molecular formula is C16H20FN2S+. The number of benzene rings is 1. The van der Waals surface area contributed by atoms with E-state index in [1.54, 1.807) is 17.0 Å². The predicted octanol–water partition coefficient (Wildman–Crippen LogP) is 2.10. The normalized spacial score (nSPS) is 16.6. The van der Waals surface area contributed by atoms with E-state index in [-0.39, 0.29) is 5.82 Å². The highest BCUT2D eigenvalue weighted by Gasteiger charge is 2.21. The fourth-order valence-electron chi connectivity index (χ4n) is 2.72. The summed E-state index contributed by atoms with van der Waals surface area (Å²) in [6.07, 6.45) is 0. The number of quaternary nitrogens is 1. The van der Waals surface area contributed by atoms with Crippen LogP contribution in [0.3, 0.4) is 0 Å². The molecule has 1 fully saturated rings. The maximum absolute atomic E-state index is 12.9. The van der Waals surface area contributed by atoms with Gasteiger partial charge < -0.3 is 9.80 Å². The van der Waals surface area contributed by atoms with Crippen molar-refractivity contribution < 1.29 is 9.29 Å². The van der Waals surface area contributed by atoms with Gasteiger partial charge in [-0.05, 0) is 48.2 Å². The first kappa shape index (κ1) is 13.6. The molecule has 2 heterocycles. The van der Waals surface area contributed by atoms with Gasteiger partial charge in [-0.15, -0.1) is 11.3 Å². The Bertz CT molecular complexity index is 556. The van der Waals surface area contributed by atoms with E-state index in [0.717, 1.165) is 38.4 Å². The zero-order valence-electron chi connectivity index (χ0n) is 11.7. The number of nitrogens with one attached hydrogen (secondary N) is 1. The Morgan fingerprint density at radius 2 is 1.85 bits per heavy atom. The SMILES string of the molecule is Cc1ccsc1C[NH+]1CCN(c2ccc(F)cc2)CC1. The zero-order valence-corrected chi connectivity index (χ0v) is 12.5. The average Bonchev–Trinajstić information content (AvgIpc) is 2.86. The molecule has 0 spiro atoms. The lowest BCUT2D eigenvalue weighted by atomic mass is 10.2. The first-order chi connectivity index (χ1) is 9.72. The van der Waals surface area contributed by atoms with Crippen LogP contribution in [0, 0.1) is 12.7 Å². The van der Waals surface area contributed by atoms with Crippen LogP contribution in [0.25, 0.3) is 0 Å². The number of piperazine rings is 1. The van der Waals surface area contributed by atoms with Crippen LogP contribution < -0.4 is 9.80 Å². The number of thiophene rings is 1. The Hall–Kier alpha value is -1.39. The first-order valence-corrected chi connectivity index (χ1v) is 7.97. The zero-order chi connectivity index (χ0) is 13.9. The van der Waals surface area contributed by atoms with Crippen LogP contribution >= 0.6 is 11.3 Å². The Morgan fingerprint density at radius 3 is 2.45 bits per heavy atom. The Kier molecular flexibility index (Phi) is 4.03. The van der Waals surface area contributed by atoms with Crippen LogP contribution in [0.4, 0.5) is 10.1 Å². The molecule has 0 amide bonds. The third-order valence-corrected chi connectivity index (χ3v) is 5.06. The van der Waals surface area contributed by atoms with Crippen molar-refractivity contribution in [3.63, 3.8) is 0 Å².